The van der Waals surface area contributed by atoms with Crippen molar-refractivity contribution in [3.63, 3.8) is 0 Å². The quantitative estimate of drug-likeness (QED) is 0.169. The van der Waals surface area contributed by atoms with E-state index in [2.05, 4.69) is 10.3 Å². The second-order valence-corrected chi connectivity index (χ2v) is 11.1. The molecule has 13 heteroatoms. The molecule has 0 bridgehead atoms. The van der Waals surface area contributed by atoms with Crippen LogP contribution in [-0.4, -0.2) is 78.6 Å². The van der Waals surface area contributed by atoms with E-state index in [0.717, 1.165) is 32.7 Å². The molecule has 1 aromatic carbocycles. The van der Waals surface area contributed by atoms with E-state index in [1.54, 1.807) is 23.1 Å². The number of carbonyl (C=O) groups is 3. The molecule has 3 aromatic rings. The molecule has 0 unspecified atom stereocenters. The van der Waals surface area contributed by atoms with E-state index in [-0.39, 0.29) is 30.1 Å². The second kappa shape index (κ2) is 12.1. The van der Waals surface area contributed by atoms with Gasteiger partial charge in [0.05, 0.1) is 30.1 Å². The fraction of sp³-hybridized carbons (Fsp3) is 0.433. The SMILES string of the molecule is C[C@@](O)(C(=O)O)c1cc2n(c(=O)c1CO)Cc1cc3cc(OC(=O)N4CCC(NCCCCC(=O)O)CC4)ccc3nc1-2. The number of carboxylic acid groups (broad SMARTS) is 2. The van der Waals surface area contributed by atoms with Crippen molar-refractivity contribution < 1.29 is 39.5 Å². The molecule has 5 N–H and O–H groups in total. The molecule has 2 aliphatic rings. The lowest BCUT2D eigenvalue weighted by molar-refractivity contribution is -0.157. The number of aliphatic carboxylic acids is 2. The average Bonchev–Trinajstić information content (AvgIpc) is 3.33. The molecule has 1 amide bonds. The number of aromatic nitrogens is 2. The monoisotopic (exact) mass is 594 g/mol. The Labute approximate surface area is 246 Å². The molecule has 1 atom stereocenters. The van der Waals surface area contributed by atoms with Crippen LogP contribution in [0.4, 0.5) is 4.79 Å². The maximum absolute atomic E-state index is 13.2. The molecule has 2 aliphatic heterocycles. The van der Waals surface area contributed by atoms with Gasteiger partial charge in [-0.15, -0.1) is 0 Å². The number of aliphatic hydroxyl groups excluding tert-OH is 1. The van der Waals surface area contributed by atoms with Crippen molar-refractivity contribution in [2.24, 2.45) is 0 Å². The number of benzene rings is 1. The number of fused-ring (bicyclic) bond motifs is 4. The van der Waals surface area contributed by atoms with Crippen molar-refractivity contribution in [1.82, 2.24) is 19.8 Å². The zero-order valence-corrected chi connectivity index (χ0v) is 23.7. The molecule has 0 radical (unpaired) electrons. The first-order valence-corrected chi connectivity index (χ1v) is 14.2. The first kappa shape index (κ1) is 30.1. The number of amides is 1. The Morgan fingerprint density at radius 1 is 1.12 bits per heavy atom. The van der Waals surface area contributed by atoms with E-state index in [0.29, 0.717) is 53.1 Å². The highest BCUT2D eigenvalue weighted by molar-refractivity contribution is 5.86. The number of rotatable bonds is 10. The summed E-state index contributed by atoms with van der Waals surface area (Å²) in [6.07, 6.45) is 2.66. The van der Waals surface area contributed by atoms with Gasteiger partial charge in [0.25, 0.3) is 5.56 Å². The van der Waals surface area contributed by atoms with Crippen LogP contribution in [0.5, 0.6) is 5.75 Å². The van der Waals surface area contributed by atoms with Crippen LogP contribution in [-0.2, 0) is 28.3 Å². The topological polar surface area (TPSA) is 192 Å². The minimum absolute atomic E-state index is 0.140. The van der Waals surface area contributed by atoms with Gasteiger partial charge in [-0.3, -0.25) is 9.59 Å². The number of aliphatic hydroxyl groups is 2. The third kappa shape index (κ3) is 6.10. The summed E-state index contributed by atoms with van der Waals surface area (Å²) in [6.45, 7) is 2.27. The van der Waals surface area contributed by atoms with Crippen LogP contribution < -0.4 is 15.6 Å². The summed E-state index contributed by atoms with van der Waals surface area (Å²) in [5.41, 5.74) is -1.34. The summed E-state index contributed by atoms with van der Waals surface area (Å²) < 4.78 is 7.04. The Morgan fingerprint density at radius 3 is 2.53 bits per heavy atom. The second-order valence-electron chi connectivity index (χ2n) is 11.1. The number of carboxylic acids is 2. The van der Waals surface area contributed by atoms with E-state index in [1.807, 2.05) is 6.07 Å². The normalized spacial score (nSPS) is 16.0. The van der Waals surface area contributed by atoms with Crippen LogP contribution in [0.1, 0.15) is 55.7 Å². The van der Waals surface area contributed by atoms with Gasteiger partial charge in [0.1, 0.15) is 5.75 Å². The Morgan fingerprint density at radius 2 is 1.86 bits per heavy atom. The Kier molecular flexibility index (Phi) is 8.49. The van der Waals surface area contributed by atoms with Crippen LogP contribution in [0.3, 0.4) is 0 Å². The molecule has 13 nitrogen and oxygen atoms in total. The van der Waals surface area contributed by atoms with Crippen molar-refractivity contribution >= 4 is 28.9 Å². The number of unbranched alkanes of at least 4 members (excludes halogenated alkanes) is 1. The van der Waals surface area contributed by atoms with E-state index in [9.17, 15) is 34.5 Å². The fourth-order valence-electron chi connectivity index (χ4n) is 5.66. The van der Waals surface area contributed by atoms with Crippen LogP contribution in [0.15, 0.2) is 35.1 Å². The Bertz CT molecular complexity index is 1640. The molecule has 2 aromatic heterocycles. The van der Waals surface area contributed by atoms with Crippen molar-refractivity contribution in [2.45, 2.75) is 63.8 Å². The summed E-state index contributed by atoms with van der Waals surface area (Å²) in [5, 5.41) is 42.8. The van der Waals surface area contributed by atoms with Gasteiger partial charge in [0.2, 0.25) is 0 Å². The maximum Gasteiger partial charge on any atom is 0.415 e. The summed E-state index contributed by atoms with van der Waals surface area (Å²) in [7, 11) is 0. The van der Waals surface area contributed by atoms with Gasteiger partial charge in [0.15, 0.2) is 5.60 Å². The predicted molar refractivity (Wildman–Crippen MR) is 154 cm³/mol. The summed E-state index contributed by atoms with van der Waals surface area (Å²) in [4.78, 5) is 54.7. The van der Waals surface area contributed by atoms with Gasteiger partial charge in [-0.25, -0.2) is 14.6 Å². The van der Waals surface area contributed by atoms with Crippen molar-refractivity contribution in [1.29, 1.82) is 0 Å². The minimum atomic E-state index is -2.39. The van der Waals surface area contributed by atoms with Gasteiger partial charge < -0.3 is 39.9 Å². The molecule has 5 rings (SSSR count). The van der Waals surface area contributed by atoms with Crippen molar-refractivity contribution in [3.8, 4) is 17.1 Å². The lowest BCUT2D eigenvalue weighted by atomic mass is 9.91. The highest BCUT2D eigenvalue weighted by atomic mass is 16.6. The van der Waals surface area contributed by atoms with Crippen molar-refractivity contribution in [3.05, 3.63) is 57.4 Å². The van der Waals surface area contributed by atoms with Gasteiger partial charge in [-0.1, -0.05) is 0 Å². The van der Waals surface area contributed by atoms with Crippen LogP contribution in [0.25, 0.3) is 22.3 Å². The molecule has 43 heavy (non-hydrogen) atoms. The lowest BCUT2D eigenvalue weighted by Gasteiger charge is -2.31. The maximum atomic E-state index is 13.2. The highest BCUT2D eigenvalue weighted by Crippen LogP contribution is 2.36. The molecule has 4 heterocycles. The molecule has 1 fully saturated rings. The van der Waals surface area contributed by atoms with Crippen LogP contribution in [0, 0.1) is 0 Å². The number of ether oxygens (including phenoxy) is 1. The lowest BCUT2D eigenvalue weighted by Crippen LogP contribution is -2.46. The highest BCUT2D eigenvalue weighted by Gasteiger charge is 2.38. The van der Waals surface area contributed by atoms with E-state index < -0.39 is 35.8 Å². The van der Waals surface area contributed by atoms with Gasteiger partial charge in [0, 0.05) is 47.6 Å². The Hall–Kier alpha value is -4.33. The van der Waals surface area contributed by atoms with Gasteiger partial charge in [-0.05, 0) is 69.5 Å². The van der Waals surface area contributed by atoms with Crippen molar-refractivity contribution in [2.75, 3.05) is 19.6 Å². The number of carbonyl (C=O) groups excluding carboxylic acids is 1. The largest absolute Gasteiger partial charge is 0.481 e. The number of likely N-dealkylation sites (tertiary alicyclic amines) is 1. The molecule has 0 saturated carbocycles. The first-order chi connectivity index (χ1) is 20.5. The van der Waals surface area contributed by atoms with E-state index >= 15 is 0 Å². The Balaban J connectivity index is 1.27. The molecular formula is C30H34N4O9. The number of nitrogens with one attached hydrogen (secondary N) is 1. The summed E-state index contributed by atoms with van der Waals surface area (Å²) in [5.74, 6) is -2.00. The zero-order valence-electron chi connectivity index (χ0n) is 23.7. The molecule has 0 spiro atoms. The molecular weight excluding hydrogens is 560 g/mol. The first-order valence-electron chi connectivity index (χ1n) is 14.2. The average molecular weight is 595 g/mol. The predicted octanol–water partition coefficient (Wildman–Crippen LogP) is 2.02. The van der Waals surface area contributed by atoms with Gasteiger partial charge >= 0.3 is 18.0 Å². The molecule has 1 saturated heterocycles. The molecule has 228 valence electrons. The number of pyridine rings is 2. The van der Waals surface area contributed by atoms with E-state index in [4.69, 9.17) is 9.84 Å². The van der Waals surface area contributed by atoms with Crippen LogP contribution >= 0.6 is 0 Å². The zero-order chi connectivity index (χ0) is 30.9. The summed E-state index contributed by atoms with van der Waals surface area (Å²) >= 11 is 0. The standard InChI is InChI=1S/C30H34N4O9/c1-30(42,28(39)40)22-14-24-26-18(15-34(24)27(38)21(22)16-35)12-17-13-20(5-6-23(17)32-26)43-29(41)33-10-7-19(8-11-33)31-9-3-2-4-25(36)37/h5-6,12-14,19,31,35,42H,2-4,7-11,15-16H2,1H3,(H,36,37)(H,39,40)/t30-/m0/s1. The number of hydrogen-bond acceptors (Lipinski definition) is 9. The van der Waals surface area contributed by atoms with Gasteiger partial charge in [-0.2, -0.15) is 0 Å². The fourth-order valence-corrected chi connectivity index (χ4v) is 5.66. The third-order valence-corrected chi connectivity index (χ3v) is 8.14. The smallest absolute Gasteiger partial charge is 0.415 e. The number of nitrogens with zero attached hydrogens (tertiary/aromatic N) is 3. The number of piperidine rings is 1. The van der Waals surface area contributed by atoms with Crippen LogP contribution in [0.2, 0.25) is 0 Å². The number of hydrogen-bond donors (Lipinski definition) is 5. The summed E-state index contributed by atoms with van der Waals surface area (Å²) in [6, 6.07) is 8.48. The minimum Gasteiger partial charge on any atom is -0.481 e. The van der Waals surface area contributed by atoms with E-state index in [1.165, 1.54) is 10.6 Å². The third-order valence-electron chi connectivity index (χ3n) is 8.14. The molecule has 0 aliphatic carbocycles.